The second-order valence-corrected chi connectivity index (χ2v) is 5.47. The first-order valence-electron chi connectivity index (χ1n) is 6.60. The van der Waals surface area contributed by atoms with Gasteiger partial charge in [0.25, 0.3) is 5.69 Å². The molecular formula is C13H18N4O2S. The molecule has 1 aliphatic rings. The maximum atomic E-state index is 10.7. The summed E-state index contributed by atoms with van der Waals surface area (Å²) >= 11 is 5.32. The number of hydrazine groups is 1. The second kappa shape index (κ2) is 5.72. The first-order chi connectivity index (χ1) is 9.45. The molecule has 1 aromatic carbocycles. The van der Waals surface area contributed by atoms with Gasteiger partial charge < -0.3 is 5.32 Å². The summed E-state index contributed by atoms with van der Waals surface area (Å²) in [6, 6.07) is 6.32. The molecule has 1 aromatic rings. The van der Waals surface area contributed by atoms with E-state index in [-0.39, 0.29) is 11.4 Å². The molecule has 0 amide bonds. The van der Waals surface area contributed by atoms with Gasteiger partial charge >= 0.3 is 0 Å². The van der Waals surface area contributed by atoms with E-state index in [0.29, 0.717) is 5.11 Å². The molecule has 6 nitrogen and oxygen atoms in total. The number of non-ortho nitro benzene ring substituents is 1. The van der Waals surface area contributed by atoms with Crippen molar-refractivity contribution in [3.63, 3.8) is 0 Å². The normalized spacial score (nSPS) is 21.9. The minimum atomic E-state index is -0.414. The Kier molecular flexibility index (Phi) is 4.20. The first kappa shape index (κ1) is 14.7. The van der Waals surface area contributed by atoms with Crippen LogP contribution in [0, 0.1) is 10.1 Å². The quantitative estimate of drug-likeness (QED) is 0.494. The van der Waals surface area contributed by atoms with Crippen LogP contribution in [0.5, 0.6) is 0 Å². The SMILES string of the molecule is CCCCC1(C)NC(=S)N(c2ccc([N+](=O)[O-])cc2)N1. The number of nitrogens with one attached hydrogen (secondary N) is 2. The van der Waals surface area contributed by atoms with Gasteiger partial charge in [-0.3, -0.25) is 15.1 Å². The summed E-state index contributed by atoms with van der Waals surface area (Å²) in [5.41, 5.74) is 3.91. The zero-order valence-corrected chi connectivity index (χ0v) is 12.4. The predicted molar refractivity (Wildman–Crippen MR) is 82.4 cm³/mol. The van der Waals surface area contributed by atoms with Gasteiger partial charge in [-0.25, -0.2) is 5.43 Å². The largest absolute Gasteiger partial charge is 0.342 e. The third-order valence-electron chi connectivity index (χ3n) is 3.29. The van der Waals surface area contributed by atoms with E-state index >= 15 is 0 Å². The number of hydrogen-bond acceptors (Lipinski definition) is 4. The van der Waals surface area contributed by atoms with Gasteiger partial charge in [0.1, 0.15) is 5.66 Å². The fourth-order valence-electron chi connectivity index (χ4n) is 2.17. The Hall–Kier alpha value is -1.73. The van der Waals surface area contributed by atoms with Crippen LogP contribution < -0.4 is 15.8 Å². The third-order valence-corrected chi connectivity index (χ3v) is 3.58. The Balaban J connectivity index is 2.13. The van der Waals surface area contributed by atoms with E-state index in [1.807, 2.05) is 0 Å². The average Bonchev–Trinajstić information content (AvgIpc) is 2.72. The maximum Gasteiger partial charge on any atom is 0.269 e. The van der Waals surface area contributed by atoms with E-state index < -0.39 is 4.92 Å². The Morgan fingerprint density at radius 3 is 2.60 bits per heavy atom. The Bertz CT molecular complexity index is 520. The van der Waals surface area contributed by atoms with E-state index in [0.717, 1.165) is 24.9 Å². The summed E-state index contributed by atoms with van der Waals surface area (Å²) in [5.74, 6) is 0. The number of anilines is 1. The summed E-state index contributed by atoms with van der Waals surface area (Å²) < 4.78 is 0. The van der Waals surface area contributed by atoms with Crippen LogP contribution in [0.2, 0.25) is 0 Å². The third kappa shape index (κ3) is 3.05. The summed E-state index contributed by atoms with van der Waals surface area (Å²) in [6.45, 7) is 4.20. The molecule has 1 atom stereocenters. The number of nitro benzene ring substituents is 1. The van der Waals surface area contributed by atoms with E-state index in [1.165, 1.54) is 12.1 Å². The van der Waals surface area contributed by atoms with Gasteiger partial charge in [0.05, 0.1) is 10.6 Å². The highest BCUT2D eigenvalue weighted by molar-refractivity contribution is 7.80. The molecule has 1 aliphatic heterocycles. The molecule has 0 radical (unpaired) electrons. The topological polar surface area (TPSA) is 70.4 Å². The highest BCUT2D eigenvalue weighted by Gasteiger charge is 2.35. The van der Waals surface area contributed by atoms with Crippen molar-refractivity contribution in [2.45, 2.75) is 38.8 Å². The fraction of sp³-hybridized carbons (Fsp3) is 0.462. The van der Waals surface area contributed by atoms with E-state index in [9.17, 15) is 10.1 Å². The molecule has 1 fully saturated rings. The minimum Gasteiger partial charge on any atom is -0.342 e. The van der Waals surface area contributed by atoms with Crippen LogP contribution in [-0.4, -0.2) is 15.7 Å². The van der Waals surface area contributed by atoms with Crippen molar-refractivity contribution >= 4 is 28.7 Å². The molecule has 0 spiro atoms. The van der Waals surface area contributed by atoms with Crippen LogP contribution in [0.25, 0.3) is 0 Å². The van der Waals surface area contributed by atoms with Gasteiger partial charge in [0.15, 0.2) is 5.11 Å². The van der Waals surface area contributed by atoms with Crippen molar-refractivity contribution in [3.05, 3.63) is 34.4 Å². The molecule has 108 valence electrons. The first-order valence-corrected chi connectivity index (χ1v) is 7.00. The lowest BCUT2D eigenvalue weighted by Gasteiger charge is -2.25. The van der Waals surface area contributed by atoms with Gasteiger partial charge in [-0.2, -0.15) is 0 Å². The van der Waals surface area contributed by atoms with Crippen LogP contribution in [0.3, 0.4) is 0 Å². The number of nitrogens with zero attached hydrogens (tertiary/aromatic N) is 2. The monoisotopic (exact) mass is 294 g/mol. The Morgan fingerprint density at radius 2 is 2.05 bits per heavy atom. The number of rotatable bonds is 5. The van der Waals surface area contributed by atoms with Gasteiger partial charge in [0, 0.05) is 12.1 Å². The molecule has 1 heterocycles. The van der Waals surface area contributed by atoms with Gasteiger partial charge in [-0.15, -0.1) is 0 Å². The predicted octanol–water partition coefficient (Wildman–Crippen LogP) is 2.70. The lowest BCUT2D eigenvalue weighted by atomic mass is 10.1. The number of unbranched alkanes of at least 4 members (excludes halogenated alkanes) is 1. The van der Waals surface area contributed by atoms with E-state index in [1.54, 1.807) is 17.1 Å². The van der Waals surface area contributed by atoms with Crippen molar-refractivity contribution in [2.24, 2.45) is 0 Å². The molecule has 0 saturated carbocycles. The lowest BCUT2D eigenvalue weighted by Crippen LogP contribution is -2.48. The molecule has 1 unspecified atom stereocenters. The van der Waals surface area contributed by atoms with Crippen LogP contribution in [0.1, 0.15) is 33.1 Å². The summed E-state index contributed by atoms with van der Waals surface area (Å²) in [5, 5.41) is 16.3. The Labute approximate surface area is 123 Å². The molecule has 0 bridgehead atoms. The van der Waals surface area contributed by atoms with Crippen molar-refractivity contribution in [1.29, 1.82) is 0 Å². The van der Waals surface area contributed by atoms with Crippen LogP contribution in [-0.2, 0) is 0 Å². The number of benzene rings is 1. The van der Waals surface area contributed by atoms with Gasteiger partial charge in [0.2, 0.25) is 0 Å². The summed E-state index contributed by atoms with van der Waals surface area (Å²) in [4.78, 5) is 10.2. The highest BCUT2D eigenvalue weighted by atomic mass is 32.1. The van der Waals surface area contributed by atoms with Crippen molar-refractivity contribution in [2.75, 3.05) is 5.01 Å². The summed E-state index contributed by atoms with van der Waals surface area (Å²) in [6.07, 6.45) is 3.16. The zero-order chi connectivity index (χ0) is 14.8. The van der Waals surface area contributed by atoms with Gasteiger partial charge in [-0.05, 0) is 44.1 Å². The van der Waals surface area contributed by atoms with E-state index in [2.05, 4.69) is 24.6 Å². The number of nitro groups is 1. The Morgan fingerprint density at radius 1 is 1.40 bits per heavy atom. The van der Waals surface area contributed by atoms with Crippen molar-refractivity contribution in [1.82, 2.24) is 10.7 Å². The average molecular weight is 294 g/mol. The van der Waals surface area contributed by atoms with Crippen molar-refractivity contribution in [3.8, 4) is 0 Å². The molecule has 2 rings (SSSR count). The van der Waals surface area contributed by atoms with Gasteiger partial charge in [-0.1, -0.05) is 13.3 Å². The van der Waals surface area contributed by atoms with Crippen molar-refractivity contribution < 1.29 is 4.92 Å². The number of thiocarbonyl (C=S) groups is 1. The fourth-order valence-corrected chi connectivity index (χ4v) is 2.55. The molecular weight excluding hydrogens is 276 g/mol. The standard InChI is InChI=1S/C13H18N4O2S/c1-3-4-9-13(2)14-12(20)16(15-13)10-5-7-11(8-6-10)17(18)19/h5-8,15H,3-4,9H2,1-2H3,(H,14,20). The van der Waals surface area contributed by atoms with E-state index in [4.69, 9.17) is 12.2 Å². The maximum absolute atomic E-state index is 10.7. The zero-order valence-electron chi connectivity index (χ0n) is 11.5. The smallest absolute Gasteiger partial charge is 0.269 e. The molecule has 7 heteroatoms. The molecule has 0 aliphatic carbocycles. The minimum absolute atomic E-state index is 0.0700. The molecule has 1 saturated heterocycles. The van der Waals surface area contributed by atoms with Crippen LogP contribution in [0.15, 0.2) is 24.3 Å². The number of hydrogen-bond donors (Lipinski definition) is 2. The lowest BCUT2D eigenvalue weighted by molar-refractivity contribution is -0.384. The van der Waals surface area contributed by atoms with Crippen LogP contribution in [0.4, 0.5) is 11.4 Å². The molecule has 20 heavy (non-hydrogen) atoms. The summed E-state index contributed by atoms with van der Waals surface area (Å²) in [7, 11) is 0. The van der Waals surface area contributed by atoms with Crippen LogP contribution >= 0.6 is 12.2 Å². The molecule has 2 N–H and O–H groups in total. The second-order valence-electron chi connectivity index (χ2n) is 5.09. The molecule has 0 aromatic heterocycles. The highest BCUT2D eigenvalue weighted by Crippen LogP contribution is 2.24.